The number of likely N-dealkylation sites (N-methyl/N-ethyl adjacent to an activating group) is 1. The van der Waals surface area contributed by atoms with Gasteiger partial charge in [0.2, 0.25) is 5.91 Å². The molecule has 0 unspecified atom stereocenters. The maximum atomic E-state index is 12.1. The molecular weight excluding hydrogens is 266 g/mol. The molecule has 0 bridgehead atoms. The van der Waals surface area contributed by atoms with Gasteiger partial charge >= 0.3 is 0 Å². The number of nitrogens with one attached hydrogen (secondary N) is 1. The Labute approximate surface area is 124 Å². The molecule has 21 heavy (non-hydrogen) atoms. The Morgan fingerprint density at radius 1 is 1.48 bits per heavy atom. The van der Waals surface area contributed by atoms with Crippen LogP contribution in [-0.4, -0.2) is 35.2 Å². The zero-order valence-corrected chi connectivity index (χ0v) is 12.5. The van der Waals surface area contributed by atoms with Gasteiger partial charge in [0.25, 0.3) is 0 Å². The van der Waals surface area contributed by atoms with Crippen molar-refractivity contribution in [3.05, 3.63) is 53.4 Å². The number of methoxy groups -OCH3 is 1. The van der Waals surface area contributed by atoms with Crippen molar-refractivity contribution in [2.45, 2.75) is 13.5 Å². The van der Waals surface area contributed by atoms with E-state index in [9.17, 15) is 4.79 Å². The summed E-state index contributed by atoms with van der Waals surface area (Å²) in [6.45, 7) is 2.52. The first-order chi connectivity index (χ1) is 10.1. The zero-order valence-electron chi connectivity index (χ0n) is 12.5. The van der Waals surface area contributed by atoms with E-state index < -0.39 is 0 Å². The van der Waals surface area contributed by atoms with Gasteiger partial charge in [-0.3, -0.25) is 9.89 Å². The van der Waals surface area contributed by atoms with Crippen LogP contribution in [0, 0.1) is 6.92 Å². The third kappa shape index (κ3) is 3.95. The predicted molar refractivity (Wildman–Crippen MR) is 81.8 cm³/mol. The van der Waals surface area contributed by atoms with Crippen LogP contribution in [0.3, 0.4) is 0 Å². The molecule has 0 fully saturated rings. The number of rotatable bonds is 5. The van der Waals surface area contributed by atoms with E-state index in [1.165, 1.54) is 0 Å². The van der Waals surface area contributed by atoms with Crippen molar-refractivity contribution in [2.24, 2.45) is 0 Å². The van der Waals surface area contributed by atoms with Crippen LogP contribution in [0.25, 0.3) is 6.08 Å². The Morgan fingerprint density at radius 2 is 2.29 bits per heavy atom. The number of amides is 1. The van der Waals surface area contributed by atoms with Crippen LogP contribution in [0.4, 0.5) is 0 Å². The van der Waals surface area contributed by atoms with E-state index in [1.807, 2.05) is 25.1 Å². The van der Waals surface area contributed by atoms with Crippen molar-refractivity contribution in [1.29, 1.82) is 0 Å². The van der Waals surface area contributed by atoms with Crippen molar-refractivity contribution >= 4 is 12.0 Å². The molecule has 1 amide bonds. The highest BCUT2D eigenvalue weighted by atomic mass is 16.5. The molecule has 0 radical (unpaired) electrons. The number of carbonyl (C=O) groups is 1. The molecule has 1 aromatic carbocycles. The lowest BCUT2D eigenvalue weighted by Crippen LogP contribution is -2.23. The third-order valence-corrected chi connectivity index (χ3v) is 3.14. The molecule has 5 heteroatoms. The monoisotopic (exact) mass is 285 g/mol. The molecule has 110 valence electrons. The van der Waals surface area contributed by atoms with E-state index in [4.69, 9.17) is 4.74 Å². The second-order valence-electron chi connectivity index (χ2n) is 4.88. The van der Waals surface area contributed by atoms with Gasteiger partial charge in [-0.25, -0.2) is 0 Å². The Bertz CT molecular complexity index is 633. The first-order valence-electron chi connectivity index (χ1n) is 6.65. The maximum absolute atomic E-state index is 12.1. The summed E-state index contributed by atoms with van der Waals surface area (Å²) in [5, 5.41) is 6.59. The highest BCUT2D eigenvalue weighted by Crippen LogP contribution is 2.21. The minimum absolute atomic E-state index is 0.0697. The third-order valence-electron chi connectivity index (χ3n) is 3.14. The number of nitrogens with zero attached hydrogens (tertiary/aromatic N) is 2. The highest BCUT2D eigenvalue weighted by molar-refractivity contribution is 5.92. The van der Waals surface area contributed by atoms with E-state index in [0.29, 0.717) is 6.54 Å². The van der Waals surface area contributed by atoms with Crippen LogP contribution in [0.5, 0.6) is 5.75 Å². The fraction of sp³-hybridized carbons (Fsp3) is 0.250. The topological polar surface area (TPSA) is 58.2 Å². The van der Waals surface area contributed by atoms with E-state index >= 15 is 0 Å². The number of benzene rings is 1. The van der Waals surface area contributed by atoms with Gasteiger partial charge in [-0.15, -0.1) is 0 Å². The second-order valence-corrected chi connectivity index (χ2v) is 4.88. The van der Waals surface area contributed by atoms with Crippen LogP contribution >= 0.6 is 0 Å². The molecule has 0 saturated carbocycles. The van der Waals surface area contributed by atoms with E-state index in [-0.39, 0.29) is 5.91 Å². The largest absolute Gasteiger partial charge is 0.496 e. The molecule has 0 saturated heterocycles. The number of aromatic nitrogens is 2. The fourth-order valence-electron chi connectivity index (χ4n) is 1.99. The average Bonchev–Trinajstić information content (AvgIpc) is 2.97. The molecule has 1 N–H and O–H groups in total. The zero-order chi connectivity index (χ0) is 15.2. The van der Waals surface area contributed by atoms with E-state index in [2.05, 4.69) is 10.2 Å². The number of carbonyl (C=O) groups excluding carboxylic acids is 1. The van der Waals surface area contributed by atoms with Crippen LogP contribution in [0.15, 0.2) is 36.7 Å². The SMILES string of the molecule is COc1ccc(C)cc1C=CC(=O)N(C)Cc1cn[nH]c1. The summed E-state index contributed by atoms with van der Waals surface area (Å²) in [4.78, 5) is 13.7. The molecular formula is C16H19N3O2. The van der Waals surface area contributed by atoms with Crippen molar-refractivity contribution in [3.8, 4) is 5.75 Å². The van der Waals surface area contributed by atoms with Crippen LogP contribution < -0.4 is 4.74 Å². The Balaban J connectivity index is 2.06. The van der Waals surface area contributed by atoms with Gasteiger partial charge in [0, 0.05) is 37.0 Å². The van der Waals surface area contributed by atoms with Crippen molar-refractivity contribution in [2.75, 3.05) is 14.2 Å². The number of H-pyrrole nitrogens is 1. The first kappa shape index (κ1) is 14.8. The van der Waals surface area contributed by atoms with Gasteiger partial charge in [0.1, 0.15) is 5.75 Å². The van der Waals surface area contributed by atoms with Crippen molar-refractivity contribution in [1.82, 2.24) is 15.1 Å². The van der Waals surface area contributed by atoms with Crippen molar-refractivity contribution < 1.29 is 9.53 Å². The minimum atomic E-state index is -0.0697. The lowest BCUT2D eigenvalue weighted by Gasteiger charge is -2.13. The molecule has 1 aromatic heterocycles. The Kier molecular flexibility index (Phi) is 4.77. The fourth-order valence-corrected chi connectivity index (χ4v) is 1.99. The molecule has 2 rings (SSSR count). The first-order valence-corrected chi connectivity index (χ1v) is 6.65. The summed E-state index contributed by atoms with van der Waals surface area (Å²) in [6.07, 6.45) is 6.81. The molecule has 0 atom stereocenters. The Morgan fingerprint density at radius 3 is 2.95 bits per heavy atom. The van der Waals surface area contributed by atoms with E-state index in [1.54, 1.807) is 43.6 Å². The van der Waals surface area contributed by atoms with Crippen LogP contribution in [-0.2, 0) is 11.3 Å². The lowest BCUT2D eigenvalue weighted by molar-refractivity contribution is -0.125. The summed E-state index contributed by atoms with van der Waals surface area (Å²) >= 11 is 0. The summed E-state index contributed by atoms with van der Waals surface area (Å²) in [5.74, 6) is 0.682. The van der Waals surface area contributed by atoms with Gasteiger partial charge in [-0.2, -0.15) is 5.10 Å². The number of hydrogen-bond donors (Lipinski definition) is 1. The number of aromatic amines is 1. The van der Waals surface area contributed by atoms with E-state index in [0.717, 1.165) is 22.4 Å². The minimum Gasteiger partial charge on any atom is -0.496 e. The summed E-state index contributed by atoms with van der Waals surface area (Å²) < 4.78 is 5.29. The second kappa shape index (κ2) is 6.74. The quantitative estimate of drug-likeness (QED) is 0.858. The number of aryl methyl sites for hydroxylation is 1. The Hall–Kier alpha value is -2.56. The molecule has 1 heterocycles. The van der Waals surface area contributed by atoms with Gasteiger partial charge in [-0.05, 0) is 25.1 Å². The van der Waals surface area contributed by atoms with Crippen molar-refractivity contribution in [3.63, 3.8) is 0 Å². The normalized spacial score (nSPS) is 10.8. The molecule has 2 aromatic rings. The standard InChI is InChI=1S/C16H19N3O2/c1-12-4-6-15(21-3)14(8-12)5-7-16(20)19(2)11-13-9-17-18-10-13/h4-10H,11H2,1-3H3,(H,17,18). The summed E-state index contributed by atoms with van der Waals surface area (Å²) in [6, 6.07) is 5.86. The molecule has 0 aliphatic carbocycles. The van der Waals surface area contributed by atoms with Crippen LogP contribution in [0.2, 0.25) is 0 Å². The van der Waals surface area contributed by atoms with Gasteiger partial charge < -0.3 is 9.64 Å². The average molecular weight is 285 g/mol. The molecule has 0 aliphatic rings. The number of hydrogen-bond acceptors (Lipinski definition) is 3. The number of ether oxygens (including phenoxy) is 1. The van der Waals surface area contributed by atoms with Gasteiger partial charge in [-0.1, -0.05) is 11.6 Å². The predicted octanol–water partition coefficient (Wildman–Crippen LogP) is 2.40. The highest BCUT2D eigenvalue weighted by Gasteiger charge is 2.07. The maximum Gasteiger partial charge on any atom is 0.246 e. The molecule has 0 aliphatic heterocycles. The summed E-state index contributed by atoms with van der Waals surface area (Å²) in [5.41, 5.74) is 2.98. The van der Waals surface area contributed by atoms with Gasteiger partial charge in [0.05, 0.1) is 13.3 Å². The molecule has 0 spiro atoms. The van der Waals surface area contributed by atoms with Gasteiger partial charge in [0.15, 0.2) is 0 Å². The summed E-state index contributed by atoms with van der Waals surface area (Å²) in [7, 11) is 3.38. The smallest absolute Gasteiger partial charge is 0.246 e. The molecule has 5 nitrogen and oxygen atoms in total. The van der Waals surface area contributed by atoms with Crippen LogP contribution in [0.1, 0.15) is 16.7 Å². The lowest BCUT2D eigenvalue weighted by atomic mass is 10.1.